The van der Waals surface area contributed by atoms with E-state index in [1.165, 1.54) is 19.3 Å². The van der Waals surface area contributed by atoms with Crippen LogP contribution in [0, 0.1) is 56.7 Å². The standard InChI is InChI=1S/C18H5N11/c1-24-12(4-20)13(5-21)27-10-2-11-17(29-15(7-23)14(6-22)28-11)18-16(10)26-9(3-19)8-25-18/h2,8H,1H3. The molecule has 0 aliphatic rings. The lowest BCUT2D eigenvalue weighted by Crippen LogP contribution is -2.09. The number of aliphatic imine (C=N–C) groups is 2. The predicted octanol–water partition coefficient (Wildman–Crippen LogP) is 1.38. The number of aromatic nitrogens is 4. The molecule has 0 N–H and O–H groups in total. The zero-order valence-electron chi connectivity index (χ0n) is 14.6. The molecule has 0 radical (unpaired) electrons. The van der Waals surface area contributed by atoms with Gasteiger partial charge in [0, 0.05) is 7.05 Å². The van der Waals surface area contributed by atoms with Crippen LogP contribution < -0.4 is 0 Å². The highest BCUT2D eigenvalue weighted by Gasteiger charge is 2.17. The van der Waals surface area contributed by atoms with Crippen LogP contribution in [0.25, 0.3) is 22.1 Å². The van der Waals surface area contributed by atoms with Crippen molar-refractivity contribution in [1.29, 1.82) is 26.3 Å². The van der Waals surface area contributed by atoms with E-state index >= 15 is 0 Å². The fraction of sp³-hybridized carbons (Fsp3) is 0.0556. The van der Waals surface area contributed by atoms with Crippen molar-refractivity contribution < 1.29 is 0 Å². The van der Waals surface area contributed by atoms with Gasteiger partial charge in [-0.2, -0.15) is 26.3 Å². The maximum Gasteiger partial charge on any atom is 0.177 e. The van der Waals surface area contributed by atoms with E-state index in [2.05, 4.69) is 29.9 Å². The van der Waals surface area contributed by atoms with Gasteiger partial charge in [0.1, 0.15) is 46.9 Å². The highest BCUT2D eigenvalue weighted by atomic mass is 14.9. The Hall–Kier alpha value is -5.31. The summed E-state index contributed by atoms with van der Waals surface area (Å²) < 4.78 is 0. The van der Waals surface area contributed by atoms with Gasteiger partial charge in [0.2, 0.25) is 0 Å². The highest BCUT2D eigenvalue weighted by molar-refractivity contribution is 6.53. The molecule has 2 aromatic heterocycles. The van der Waals surface area contributed by atoms with Gasteiger partial charge in [-0.15, -0.1) is 0 Å². The number of hydrogen-bond donors (Lipinski definition) is 0. The molecule has 3 rings (SSSR count). The quantitative estimate of drug-likeness (QED) is 0.469. The van der Waals surface area contributed by atoms with E-state index < -0.39 is 0 Å². The second kappa shape index (κ2) is 7.51. The molecule has 0 atom stereocenters. The van der Waals surface area contributed by atoms with Crippen molar-refractivity contribution in [2.45, 2.75) is 0 Å². The van der Waals surface area contributed by atoms with Gasteiger partial charge in [-0.1, -0.05) is 0 Å². The molecule has 3 aromatic rings. The van der Waals surface area contributed by atoms with Crippen molar-refractivity contribution in [2.75, 3.05) is 7.05 Å². The maximum atomic E-state index is 9.35. The molecule has 29 heavy (non-hydrogen) atoms. The lowest BCUT2D eigenvalue weighted by atomic mass is 10.1. The van der Waals surface area contributed by atoms with Crippen LogP contribution in [0.4, 0.5) is 5.69 Å². The van der Waals surface area contributed by atoms with Gasteiger partial charge >= 0.3 is 0 Å². The molecule has 11 nitrogen and oxygen atoms in total. The lowest BCUT2D eigenvalue weighted by Gasteiger charge is -2.06. The Labute approximate surface area is 162 Å². The van der Waals surface area contributed by atoms with E-state index in [0.29, 0.717) is 0 Å². The highest BCUT2D eigenvalue weighted by Crippen LogP contribution is 2.30. The van der Waals surface area contributed by atoms with Crippen molar-refractivity contribution in [3.8, 4) is 30.3 Å². The van der Waals surface area contributed by atoms with Gasteiger partial charge in [-0.3, -0.25) is 4.99 Å². The van der Waals surface area contributed by atoms with Gasteiger partial charge < -0.3 is 0 Å². The molecule has 0 bridgehead atoms. The number of hydrogen-bond acceptors (Lipinski definition) is 11. The van der Waals surface area contributed by atoms with Crippen molar-refractivity contribution in [3.63, 3.8) is 0 Å². The van der Waals surface area contributed by atoms with Gasteiger partial charge in [0.15, 0.2) is 28.5 Å². The van der Waals surface area contributed by atoms with Crippen LogP contribution in [0.15, 0.2) is 22.2 Å². The molecule has 0 aliphatic heterocycles. The third-order valence-electron chi connectivity index (χ3n) is 3.65. The Morgan fingerprint density at radius 3 is 2.10 bits per heavy atom. The first kappa shape index (κ1) is 18.5. The Bertz CT molecular complexity index is 1460. The molecular weight excluding hydrogens is 370 g/mol. The van der Waals surface area contributed by atoms with Gasteiger partial charge in [0.05, 0.1) is 17.4 Å². The lowest BCUT2D eigenvalue weighted by molar-refractivity contribution is 1.19. The van der Waals surface area contributed by atoms with Crippen LogP contribution >= 0.6 is 0 Å². The molecule has 132 valence electrons. The minimum Gasteiger partial charge on any atom is -0.275 e. The Kier molecular flexibility index (Phi) is 4.79. The normalized spacial score (nSPS) is 11.2. The van der Waals surface area contributed by atoms with Gasteiger partial charge in [-0.05, 0) is 6.07 Å². The number of rotatable bonds is 2. The summed E-state index contributed by atoms with van der Waals surface area (Å²) in [5, 5.41) is 46.0. The molecule has 11 heteroatoms. The van der Waals surface area contributed by atoms with Gasteiger partial charge in [0.25, 0.3) is 0 Å². The third kappa shape index (κ3) is 3.13. The number of benzene rings is 1. The molecule has 2 heterocycles. The second-order valence-corrected chi connectivity index (χ2v) is 5.23. The summed E-state index contributed by atoms with van der Waals surface area (Å²) in [5.74, 6) is 0. The van der Waals surface area contributed by atoms with Crippen LogP contribution in [0.1, 0.15) is 17.1 Å². The third-order valence-corrected chi connectivity index (χ3v) is 3.65. The Morgan fingerprint density at radius 2 is 1.52 bits per heavy atom. The largest absolute Gasteiger partial charge is 0.275 e. The predicted molar refractivity (Wildman–Crippen MR) is 98.5 cm³/mol. The monoisotopic (exact) mass is 375 g/mol. The summed E-state index contributed by atoms with van der Waals surface area (Å²) in [7, 11) is 1.34. The van der Waals surface area contributed by atoms with Crippen LogP contribution in [0.5, 0.6) is 0 Å². The molecule has 0 amide bonds. The summed E-state index contributed by atoms with van der Waals surface area (Å²) in [6.07, 6.45) is 1.21. The summed E-state index contributed by atoms with van der Waals surface area (Å²) in [5.41, 5.74) is -0.166. The molecular formula is C18H5N11. The van der Waals surface area contributed by atoms with E-state index in [4.69, 9.17) is 10.5 Å². The number of fused-ring (bicyclic) bond motifs is 3. The molecule has 0 aliphatic carbocycles. The molecule has 0 unspecified atom stereocenters. The Morgan fingerprint density at radius 1 is 0.828 bits per heavy atom. The second-order valence-electron chi connectivity index (χ2n) is 5.23. The zero-order chi connectivity index (χ0) is 21.0. The fourth-order valence-electron chi connectivity index (χ4n) is 2.42. The first-order valence-corrected chi connectivity index (χ1v) is 7.68. The molecule has 0 spiro atoms. The fourth-order valence-corrected chi connectivity index (χ4v) is 2.42. The van der Waals surface area contributed by atoms with Crippen LogP contribution in [-0.2, 0) is 0 Å². The Balaban J connectivity index is 2.51. The van der Waals surface area contributed by atoms with Crippen LogP contribution in [0.3, 0.4) is 0 Å². The topological polar surface area (TPSA) is 195 Å². The summed E-state index contributed by atoms with van der Waals surface area (Å²) in [4.78, 5) is 24.4. The van der Waals surface area contributed by atoms with Gasteiger partial charge in [-0.25, -0.2) is 24.9 Å². The minimum absolute atomic E-state index is 0.0152. The number of nitriles is 5. The molecule has 0 fully saturated rings. The van der Waals surface area contributed by atoms with E-state index in [9.17, 15) is 15.8 Å². The first-order chi connectivity index (χ1) is 14.1. The first-order valence-electron chi connectivity index (χ1n) is 7.68. The summed E-state index contributed by atoms with van der Waals surface area (Å²) in [6, 6.07) is 10.4. The SMILES string of the molecule is CN=C(C#N)C(C#N)=Nc1cc2nc(C#N)c(C#N)nc2c2ncc(C#N)nc12. The van der Waals surface area contributed by atoms with E-state index in [1.54, 1.807) is 24.3 Å². The summed E-state index contributed by atoms with van der Waals surface area (Å²) >= 11 is 0. The van der Waals surface area contributed by atoms with E-state index in [0.717, 1.165) is 0 Å². The van der Waals surface area contributed by atoms with Crippen molar-refractivity contribution >= 4 is 39.2 Å². The summed E-state index contributed by atoms with van der Waals surface area (Å²) in [6.45, 7) is 0. The van der Waals surface area contributed by atoms with Crippen LogP contribution in [0.2, 0.25) is 0 Å². The average Bonchev–Trinajstić information content (AvgIpc) is 2.77. The van der Waals surface area contributed by atoms with E-state index in [-0.39, 0.29) is 56.3 Å². The molecule has 0 saturated carbocycles. The van der Waals surface area contributed by atoms with Crippen molar-refractivity contribution in [2.24, 2.45) is 9.98 Å². The average molecular weight is 375 g/mol. The maximum absolute atomic E-state index is 9.35. The van der Waals surface area contributed by atoms with Crippen LogP contribution in [-0.4, -0.2) is 38.4 Å². The van der Waals surface area contributed by atoms with E-state index in [1.807, 2.05) is 6.07 Å². The molecule has 0 saturated heterocycles. The van der Waals surface area contributed by atoms with Crippen molar-refractivity contribution in [1.82, 2.24) is 19.9 Å². The smallest absolute Gasteiger partial charge is 0.177 e. The number of nitrogens with zero attached hydrogens (tertiary/aromatic N) is 11. The zero-order valence-corrected chi connectivity index (χ0v) is 14.6. The van der Waals surface area contributed by atoms with Crippen molar-refractivity contribution in [3.05, 3.63) is 29.3 Å². The minimum atomic E-state index is -0.276. The molecule has 1 aromatic carbocycles.